The molecule has 0 bridgehead atoms. The van der Waals surface area contributed by atoms with Crippen molar-refractivity contribution in [1.82, 2.24) is 15.1 Å². The molecule has 0 aliphatic carbocycles. The van der Waals surface area contributed by atoms with Crippen LogP contribution in [0.3, 0.4) is 0 Å². The maximum absolute atomic E-state index is 6.05. The van der Waals surface area contributed by atoms with Crippen LogP contribution in [0.15, 0.2) is 42.5 Å². The van der Waals surface area contributed by atoms with E-state index >= 15 is 0 Å². The predicted octanol–water partition coefficient (Wildman–Crippen LogP) is 3.66. The van der Waals surface area contributed by atoms with Gasteiger partial charge in [-0.3, -0.25) is 5.10 Å². The topological polar surface area (TPSA) is 59.6 Å². The second kappa shape index (κ2) is 7.94. The van der Waals surface area contributed by atoms with E-state index in [1.165, 1.54) is 11.3 Å². The second-order valence-electron chi connectivity index (χ2n) is 7.00. The standard InChI is InChI=1S/C22H25N3O3/c1-25-10-9-18-17(13-25)21(24-23-18)16-11-19(26-2)22(20(12-16)27-3)28-14-15-7-5-4-6-8-15/h4-8,11-12H,9-10,13-14H2,1-3H3,(H,23,24). The fourth-order valence-corrected chi connectivity index (χ4v) is 3.56. The average molecular weight is 379 g/mol. The number of rotatable bonds is 6. The van der Waals surface area contributed by atoms with Crippen molar-refractivity contribution in [2.45, 2.75) is 19.6 Å². The molecule has 28 heavy (non-hydrogen) atoms. The van der Waals surface area contributed by atoms with Crippen LogP contribution in [0.2, 0.25) is 0 Å². The molecule has 1 aliphatic heterocycles. The number of likely N-dealkylation sites (N-methyl/N-ethyl adjacent to an activating group) is 1. The van der Waals surface area contributed by atoms with E-state index < -0.39 is 0 Å². The molecule has 2 aromatic carbocycles. The highest BCUT2D eigenvalue weighted by molar-refractivity contribution is 5.71. The molecule has 0 fully saturated rings. The SMILES string of the molecule is COc1cc(-c2n[nH]c3c2CN(C)CC3)cc(OC)c1OCc1ccccc1. The molecule has 0 unspecified atom stereocenters. The smallest absolute Gasteiger partial charge is 0.203 e. The first-order chi connectivity index (χ1) is 13.7. The third-order valence-corrected chi connectivity index (χ3v) is 5.08. The third-order valence-electron chi connectivity index (χ3n) is 5.08. The van der Waals surface area contributed by atoms with Crippen molar-refractivity contribution in [3.63, 3.8) is 0 Å². The number of fused-ring (bicyclic) bond motifs is 1. The first-order valence-electron chi connectivity index (χ1n) is 9.37. The minimum Gasteiger partial charge on any atom is -0.493 e. The second-order valence-corrected chi connectivity index (χ2v) is 7.00. The average Bonchev–Trinajstić information content (AvgIpc) is 3.15. The minimum atomic E-state index is 0.440. The van der Waals surface area contributed by atoms with E-state index in [0.29, 0.717) is 23.9 Å². The molecule has 0 amide bonds. The molecule has 4 rings (SSSR count). The van der Waals surface area contributed by atoms with Crippen LogP contribution in [0.5, 0.6) is 17.2 Å². The number of benzene rings is 2. The van der Waals surface area contributed by atoms with Gasteiger partial charge in [0.05, 0.1) is 19.9 Å². The van der Waals surface area contributed by atoms with Crippen molar-refractivity contribution in [2.24, 2.45) is 0 Å². The minimum absolute atomic E-state index is 0.440. The lowest BCUT2D eigenvalue weighted by Gasteiger charge is -2.22. The lowest BCUT2D eigenvalue weighted by atomic mass is 10.0. The van der Waals surface area contributed by atoms with Crippen LogP contribution in [-0.2, 0) is 19.6 Å². The molecule has 0 saturated heterocycles. The lowest BCUT2D eigenvalue weighted by Crippen LogP contribution is -2.26. The van der Waals surface area contributed by atoms with Gasteiger partial charge in [0.15, 0.2) is 11.5 Å². The quantitative estimate of drug-likeness (QED) is 0.708. The van der Waals surface area contributed by atoms with E-state index in [4.69, 9.17) is 14.2 Å². The Labute approximate surface area is 165 Å². The van der Waals surface area contributed by atoms with Crippen molar-refractivity contribution in [1.29, 1.82) is 0 Å². The lowest BCUT2D eigenvalue weighted by molar-refractivity contribution is 0.266. The van der Waals surface area contributed by atoms with Gasteiger partial charge in [0.25, 0.3) is 0 Å². The van der Waals surface area contributed by atoms with Gasteiger partial charge in [0.1, 0.15) is 6.61 Å². The van der Waals surface area contributed by atoms with Gasteiger partial charge >= 0.3 is 0 Å². The molecule has 6 nitrogen and oxygen atoms in total. The summed E-state index contributed by atoms with van der Waals surface area (Å²) in [5.74, 6) is 1.86. The highest BCUT2D eigenvalue weighted by Crippen LogP contribution is 2.42. The summed E-state index contributed by atoms with van der Waals surface area (Å²) in [5, 5.41) is 7.76. The molecule has 146 valence electrons. The van der Waals surface area contributed by atoms with Crippen molar-refractivity contribution in [2.75, 3.05) is 27.8 Å². The van der Waals surface area contributed by atoms with Gasteiger partial charge in [-0.05, 0) is 24.7 Å². The van der Waals surface area contributed by atoms with Crippen molar-refractivity contribution in [3.8, 4) is 28.5 Å². The van der Waals surface area contributed by atoms with Crippen LogP contribution in [0.25, 0.3) is 11.3 Å². The van der Waals surface area contributed by atoms with E-state index in [1.807, 2.05) is 42.5 Å². The van der Waals surface area contributed by atoms with E-state index in [2.05, 4.69) is 22.1 Å². The number of nitrogens with zero attached hydrogens (tertiary/aromatic N) is 2. The molecule has 3 aromatic rings. The molecule has 1 aliphatic rings. The first-order valence-corrected chi connectivity index (χ1v) is 9.37. The highest BCUT2D eigenvalue weighted by atomic mass is 16.5. The Morgan fingerprint density at radius 3 is 2.46 bits per heavy atom. The van der Waals surface area contributed by atoms with Gasteiger partial charge in [-0.1, -0.05) is 30.3 Å². The summed E-state index contributed by atoms with van der Waals surface area (Å²) in [6.45, 7) is 2.35. The van der Waals surface area contributed by atoms with Crippen LogP contribution < -0.4 is 14.2 Å². The summed E-state index contributed by atoms with van der Waals surface area (Å²) >= 11 is 0. The fourth-order valence-electron chi connectivity index (χ4n) is 3.56. The van der Waals surface area contributed by atoms with Crippen molar-refractivity contribution < 1.29 is 14.2 Å². The van der Waals surface area contributed by atoms with E-state index in [-0.39, 0.29) is 0 Å². The Hall–Kier alpha value is -2.99. The van der Waals surface area contributed by atoms with Crippen LogP contribution in [-0.4, -0.2) is 42.9 Å². The molecule has 2 heterocycles. The van der Waals surface area contributed by atoms with Crippen molar-refractivity contribution >= 4 is 0 Å². The molecule has 6 heteroatoms. The number of H-pyrrole nitrogens is 1. The third kappa shape index (κ3) is 3.55. The molecule has 0 spiro atoms. The number of aromatic amines is 1. The number of methoxy groups -OCH3 is 2. The largest absolute Gasteiger partial charge is 0.493 e. The monoisotopic (exact) mass is 379 g/mol. The Morgan fingerprint density at radius 2 is 1.79 bits per heavy atom. The molecule has 1 aromatic heterocycles. The molecule has 0 atom stereocenters. The zero-order valence-corrected chi connectivity index (χ0v) is 16.5. The van der Waals surface area contributed by atoms with Gasteiger partial charge in [0.2, 0.25) is 5.75 Å². The number of nitrogens with one attached hydrogen (secondary N) is 1. The number of hydrogen-bond acceptors (Lipinski definition) is 5. The first kappa shape index (κ1) is 18.4. The van der Waals surface area contributed by atoms with E-state index in [9.17, 15) is 0 Å². The van der Waals surface area contributed by atoms with E-state index in [1.54, 1.807) is 14.2 Å². The van der Waals surface area contributed by atoms with Gasteiger partial charge in [0, 0.05) is 36.3 Å². The Bertz CT molecular complexity index is 928. The molecule has 1 N–H and O–H groups in total. The molecule has 0 saturated carbocycles. The summed E-state index contributed by atoms with van der Waals surface area (Å²) < 4.78 is 17.3. The van der Waals surface area contributed by atoms with Crippen LogP contribution >= 0.6 is 0 Å². The summed E-state index contributed by atoms with van der Waals surface area (Å²) in [5.41, 5.74) is 5.41. The maximum atomic E-state index is 6.05. The molecular formula is C22H25N3O3. The Morgan fingerprint density at radius 1 is 1.07 bits per heavy atom. The fraction of sp³-hybridized carbons (Fsp3) is 0.318. The Kier molecular flexibility index (Phi) is 5.21. The van der Waals surface area contributed by atoms with Gasteiger partial charge in [-0.25, -0.2) is 0 Å². The number of aromatic nitrogens is 2. The van der Waals surface area contributed by atoms with Gasteiger partial charge < -0.3 is 19.1 Å². The zero-order chi connectivity index (χ0) is 19.5. The van der Waals surface area contributed by atoms with Crippen molar-refractivity contribution in [3.05, 3.63) is 59.3 Å². The van der Waals surface area contributed by atoms with Gasteiger partial charge in [-0.2, -0.15) is 5.10 Å². The summed E-state index contributed by atoms with van der Waals surface area (Å²) in [7, 11) is 5.41. The summed E-state index contributed by atoms with van der Waals surface area (Å²) in [6, 6.07) is 14.0. The summed E-state index contributed by atoms with van der Waals surface area (Å²) in [6.07, 6.45) is 0.978. The highest BCUT2D eigenvalue weighted by Gasteiger charge is 2.23. The van der Waals surface area contributed by atoms with Crippen LogP contribution in [0.4, 0.5) is 0 Å². The normalized spacial score (nSPS) is 13.8. The number of hydrogen-bond donors (Lipinski definition) is 1. The van der Waals surface area contributed by atoms with Crippen LogP contribution in [0, 0.1) is 0 Å². The zero-order valence-electron chi connectivity index (χ0n) is 16.5. The Balaban J connectivity index is 1.68. The summed E-state index contributed by atoms with van der Waals surface area (Å²) in [4.78, 5) is 2.30. The van der Waals surface area contributed by atoms with Crippen LogP contribution in [0.1, 0.15) is 16.8 Å². The number of ether oxygens (including phenoxy) is 3. The van der Waals surface area contributed by atoms with E-state index in [0.717, 1.165) is 36.3 Å². The molecule has 0 radical (unpaired) electrons. The predicted molar refractivity (Wildman–Crippen MR) is 108 cm³/mol. The maximum Gasteiger partial charge on any atom is 0.203 e. The molecular weight excluding hydrogens is 354 g/mol. The van der Waals surface area contributed by atoms with Gasteiger partial charge in [-0.15, -0.1) is 0 Å².